The van der Waals surface area contributed by atoms with E-state index in [1.165, 1.54) is 0 Å². The van der Waals surface area contributed by atoms with Crippen molar-refractivity contribution < 1.29 is 19.4 Å². The first-order chi connectivity index (χ1) is 9.93. The third-order valence-corrected chi connectivity index (χ3v) is 3.15. The first kappa shape index (κ1) is 17.0. The molecule has 0 aliphatic rings. The SMILES string of the molecule is CCOc1ccccc1CN(C)C(=O)CC(C)CC(=O)O. The van der Waals surface area contributed by atoms with Crippen molar-refractivity contribution in [2.45, 2.75) is 33.2 Å². The molecule has 0 radical (unpaired) electrons. The Labute approximate surface area is 125 Å². The lowest BCUT2D eigenvalue weighted by Crippen LogP contribution is -2.28. The van der Waals surface area contributed by atoms with Gasteiger partial charge in [-0.3, -0.25) is 9.59 Å². The number of hydrogen-bond acceptors (Lipinski definition) is 3. The minimum Gasteiger partial charge on any atom is -0.494 e. The van der Waals surface area contributed by atoms with E-state index in [-0.39, 0.29) is 24.7 Å². The lowest BCUT2D eigenvalue weighted by atomic mass is 10.0. The Hall–Kier alpha value is -2.04. The Morgan fingerprint density at radius 3 is 2.57 bits per heavy atom. The number of aliphatic carboxylic acids is 1. The van der Waals surface area contributed by atoms with Crippen LogP contribution in [0.5, 0.6) is 5.75 Å². The van der Waals surface area contributed by atoms with Crippen LogP contribution in [0.15, 0.2) is 24.3 Å². The van der Waals surface area contributed by atoms with Gasteiger partial charge in [0.25, 0.3) is 0 Å². The average molecular weight is 293 g/mol. The first-order valence-electron chi connectivity index (χ1n) is 7.10. The Balaban J connectivity index is 2.62. The van der Waals surface area contributed by atoms with Gasteiger partial charge in [0.1, 0.15) is 5.75 Å². The van der Waals surface area contributed by atoms with Crippen LogP contribution in [0, 0.1) is 5.92 Å². The van der Waals surface area contributed by atoms with E-state index in [4.69, 9.17) is 9.84 Å². The normalized spacial score (nSPS) is 11.8. The van der Waals surface area contributed by atoms with Gasteiger partial charge in [-0.05, 0) is 18.9 Å². The van der Waals surface area contributed by atoms with Crippen LogP contribution in [-0.2, 0) is 16.1 Å². The zero-order valence-electron chi connectivity index (χ0n) is 12.8. The molecule has 116 valence electrons. The fourth-order valence-corrected chi connectivity index (χ4v) is 2.10. The molecule has 5 heteroatoms. The van der Waals surface area contributed by atoms with Gasteiger partial charge in [-0.1, -0.05) is 25.1 Å². The number of carbonyl (C=O) groups is 2. The molecule has 5 nitrogen and oxygen atoms in total. The van der Waals surface area contributed by atoms with E-state index in [1.807, 2.05) is 31.2 Å². The molecular weight excluding hydrogens is 270 g/mol. The number of hydrogen-bond donors (Lipinski definition) is 1. The summed E-state index contributed by atoms with van der Waals surface area (Å²) in [5.74, 6) is -0.326. The van der Waals surface area contributed by atoms with E-state index in [9.17, 15) is 9.59 Å². The third kappa shape index (κ3) is 5.85. The fourth-order valence-electron chi connectivity index (χ4n) is 2.10. The quantitative estimate of drug-likeness (QED) is 0.800. The molecule has 0 aromatic heterocycles. The van der Waals surface area contributed by atoms with Crippen LogP contribution in [0.2, 0.25) is 0 Å². The van der Waals surface area contributed by atoms with Crippen LogP contribution < -0.4 is 4.74 Å². The molecular formula is C16H23NO4. The molecule has 0 bridgehead atoms. The topological polar surface area (TPSA) is 66.8 Å². The summed E-state index contributed by atoms with van der Waals surface area (Å²) in [7, 11) is 1.72. The molecule has 0 saturated heterocycles. The maximum Gasteiger partial charge on any atom is 0.303 e. The number of benzene rings is 1. The predicted molar refractivity (Wildman–Crippen MR) is 80.1 cm³/mol. The largest absolute Gasteiger partial charge is 0.494 e. The summed E-state index contributed by atoms with van der Waals surface area (Å²) in [6.45, 7) is 4.71. The Kier molecular flexibility index (Phi) is 6.72. The molecule has 0 aliphatic heterocycles. The summed E-state index contributed by atoms with van der Waals surface area (Å²) < 4.78 is 5.54. The van der Waals surface area contributed by atoms with Crippen molar-refractivity contribution in [1.82, 2.24) is 4.90 Å². The minimum absolute atomic E-state index is 0.00904. The van der Waals surface area contributed by atoms with Gasteiger partial charge >= 0.3 is 5.97 Å². The van der Waals surface area contributed by atoms with Crippen LogP contribution in [0.3, 0.4) is 0 Å². The molecule has 1 N–H and O–H groups in total. The molecule has 1 atom stereocenters. The number of carboxylic acids is 1. The van der Waals surface area contributed by atoms with E-state index in [0.717, 1.165) is 11.3 Å². The highest BCUT2D eigenvalue weighted by Crippen LogP contribution is 2.20. The smallest absolute Gasteiger partial charge is 0.303 e. The second kappa shape index (κ2) is 8.29. The van der Waals surface area contributed by atoms with Crippen LogP contribution in [0.4, 0.5) is 0 Å². The zero-order valence-corrected chi connectivity index (χ0v) is 12.8. The van der Waals surface area contributed by atoms with Gasteiger partial charge in [0, 0.05) is 32.0 Å². The van der Waals surface area contributed by atoms with Crippen molar-refractivity contribution in [2.24, 2.45) is 5.92 Å². The second-order valence-corrected chi connectivity index (χ2v) is 5.20. The molecule has 0 fully saturated rings. The number of ether oxygens (including phenoxy) is 1. The van der Waals surface area contributed by atoms with E-state index in [0.29, 0.717) is 13.2 Å². The van der Waals surface area contributed by atoms with Crippen molar-refractivity contribution in [1.29, 1.82) is 0 Å². The van der Waals surface area contributed by atoms with Crippen LogP contribution in [-0.4, -0.2) is 35.5 Å². The van der Waals surface area contributed by atoms with Gasteiger partial charge in [-0.2, -0.15) is 0 Å². The highest BCUT2D eigenvalue weighted by atomic mass is 16.5. The zero-order chi connectivity index (χ0) is 15.8. The number of amides is 1. The van der Waals surface area contributed by atoms with Gasteiger partial charge in [-0.15, -0.1) is 0 Å². The molecule has 1 amide bonds. The van der Waals surface area contributed by atoms with Crippen molar-refractivity contribution >= 4 is 11.9 Å². The van der Waals surface area contributed by atoms with E-state index >= 15 is 0 Å². The van der Waals surface area contributed by atoms with Gasteiger partial charge < -0.3 is 14.7 Å². The monoisotopic (exact) mass is 293 g/mol. The van der Waals surface area contributed by atoms with E-state index in [1.54, 1.807) is 18.9 Å². The van der Waals surface area contributed by atoms with Crippen molar-refractivity contribution in [3.8, 4) is 5.75 Å². The Morgan fingerprint density at radius 1 is 1.29 bits per heavy atom. The molecule has 0 spiro atoms. The first-order valence-corrected chi connectivity index (χ1v) is 7.10. The highest BCUT2D eigenvalue weighted by molar-refractivity contribution is 5.77. The second-order valence-electron chi connectivity index (χ2n) is 5.20. The molecule has 0 saturated carbocycles. The van der Waals surface area contributed by atoms with Gasteiger partial charge in [0.2, 0.25) is 5.91 Å². The maximum atomic E-state index is 12.1. The predicted octanol–water partition coefficient (Wildman–Crippen LogP) is 2.54. The number of para-hydroxylation sites is 1. The molecule has 0 heterocycles. The summed E-state index contributed by atoms with van der Waals surface area (Å²) in [6, 6.07) is 7.61. The summed E-state index contributed by atoms with van der Waals surface area (Å²) in [4.78, 5) is 24.3. The van der Waals surface area contributed by atoms with Crippen LogP contribution >= 0.6 is 0 Å². The summed E-state index contributed by atoms with van der Waals surface area (Å²) in [5, 5.41) is 8.72. The molecule has 1 aromatic carbocycles. The van der Waals surface area contributed by atoms with Gasteiger partial charge in [0.05, 0.1) is 6.61 Å². The summed E-state index contributed by atoms with van der Waals surface area (Å²) in [5.41, 5.74) is 0.945. The van der Waals surface area contributed by atoms with Crippen LogP contribution in [0.25, 0.3) is 0 Å². The lowest BCUT2D eigenvalue weighted by molar-refractivity contribution is -0.138. The molecule has 21 heavy (non-hydrogen) atoms. The lowest BCUT2D eigenvalue weighted by Gasteiger charge is -2.20. The fraction of sp³-hybridized carbons (Fsp3) is 0.500. The number of carboxylic acid groups (broad SMARTS) is 1. The summed E-state index contributed by atoms with van der Waals surface area (Å²) in [6.07, 6.45) is 0.245. The van der Waals surface area contributed by atoms with E-state index < -0.39 is 5.97 Å². The minimum atomic E-state index is -0.875. The van der Waals surface area contributed by atoms with E-state index in [2.05, 4.69) is 0 Å². The standard InChI is InChI=1S/C16H23NO4/c1-4-21-14-8-6-5-7-13(14)11-17(3)15(18)9-12(2)10-16(19)20/h5-8,12H,4,9-11H2,1-3H3,(H,19,20). The molecule has 1 aromatic rings. The van der Waals surface area contributed by atoms with Crippen molar-refractivity contribution in [2.75, 3.05) is 13.7 Å². The van der Waals surface area contributed by atoms with Crippen molar-refractivity contribution in [3.63, 3.8) is 0 Å². The number of rotatable bonds is 8. The Bertz CT molecular complexity index is 487. The van der Waals surface area contributed by atoms with Gasteiger partial charge in [0.15, 0.2) is 0 Å². The average Bonchev–Trinajstić information content (AvgIpc) is 2.40. The molecule has 1 rings (SSSR count). The van der Waals surface area contributed by atoms with Crippen LogP contribution in [0.1, 0.15) is 32.3 Å². The highest BCUT2D eigenvalue weighted by Gasteiger charge is 2.17. The molecule has 1 unspecified atom stereocenters. The molecule has 0 aliphatic carbocycles. The number of nitrogens with zero attached hydrogens (tertiary/aromatic N) is 1. The van der Waals surface area contributed by atoms with Crippen molar-refractivity contribution in [3.05, 3.63) is 29.8 Å². The number of carbonyl (C=O) groups excluding carboxylic acids is 1. The Morgan fingerprint density at radius 2 is 1.95 bits per heavy atom. The maximum absolute atomic E-state index is 12.1. The third-order valence-electron chi connectivity index (χ3n) is 3.15. The summed E-state index contributed by atoms with van der Waals surface area (Å²) >= 11 is 0. The van der Waals surface area contributed by atoms with Gasteiger partial charge in [-0.25, -0.2) is 0 Å².